The van der Waals surface area contributed by atoms with Gasteiger partial charge in [-0.25, -0.2) is 0 Å². The monoisotopic (exact) mass is 292 g/mol. The van der Waals surface area contributed by atoms with Crippen LogP contribution in [0.3, 0.4) is 0 Å². The Hall–Kier alpha value is -0.210. The van der Waals surface area contributed by atoms with Crippen molar-refractivity contribution in [2.45, 2.75) is 79.8 Å². The Morgan fingerprint density at radius 1 is 0.900 bits per heavy atom. The normalized spacial score (nSPS) is 28.5. The molecule has 0 amide bonds. The molecule has 0 aromatic rings. The molecule has 1 atom stereocenters. The highest BCUT2D eigenvalue weighted by Crippen LogP contribution is 2.57. The summed E-state index contributed by atoms with van der Waals surface area (Å²) in [6.45, 7) is 11.8. The summed E-state index contributed by atoms with van der Waals surface area (Å²) in [5.41, 5.74) is -1.27. The zero-order chi connectivity index (χ0) is 15.8. The molecule has 1 aliphatic rings. The molecule has 3 heteroatoms. The number of hydrogen-bond acceptors (Lipinski definition) is 0. The van der Waals surface area contributed by atoms with Crippen LogP contribution in [0.25, 0.3) is 0 Å². The van der Waals surface area contributed by atoms with Crippen LogP contribution in [0.1, 0.15) is 73.6 Å². The van der Waals surface area contributed by atoms with E-state index in [1.807, 2.05) is 0 Å². The molecule has 20 heavy (non-hydrogen) atoms. The summed E-state index contributed by atoms with van der Waals surface area (Å²) in [4.78, 5) is 0. The van der Waals surface area contributed by atoms with E-state index in [1.54, 1.807) is 20.8 Å². The van der Waals surface area contributed by atoms with Crippen molar-refractivity contribution >= 4 is 0 Å². The highest BCUT2D eigenvalue weighted by atomic mass is 19.4. The second-order valence-electron chi connectivity index (χ2n) is 7.96. The number of halogens is 3. The van der Waals surface area contributed by atoms with Crippen LogP contribution in [0.15, 0.2) is 0 Å². The average molecular weight is 292 g/mol. The van der Waals surface area contributed by atoms with E-state index in [1.165, 1.54) is 0 Å². The molecule has 0 radical (unpaired) electrons. The first-order valence-corrected chi connectivity index (χ1v) is 8.03. The second-order valence-corrected chi connectivity index (χ2v) is 7.96. The highest BCUT2D eigenvalue weighted by Gasteiger charge is 2.59. The summed E-state index contributed by atoms with van der Waals surface area (Å²) < 4.78 is 41.2. The van der Waals surface area contributed by atoms with Gasteiger partial charge in [-0.3, -0.25) is 0 Å². The van der Waals surface area contributed by atoms with Crippen LogP contribution in [0.2, 0.25) is 0 Å². The van der Waals surface area contributed by atoms with Crippen LogP contribution in [0, 0.1) is 28.6 Å². The summed E-state index contributed by atoms with van der Waals surface area (Å²) in [5, 5.41) is 0. The predicted molar refractivity (Wildman–Crippen MR) is 78.5 cm³/mol. The Bertz CT molecular complexity index is 303. The molecule has 0 nitrogen and oxygen atoms in total. The van der Waals surface area contributed by atoms with Crippen molar-refractivity contribution in [3.05, 3.63) is 0 Å². The van der Waals surface area contributed by atoms with Gasteiger partial charge in [-0.15, -0.1) is 0 Å². The van der Waals surface area contributed by atoms with Crippen molar-refractivity contribution in [2.75, 3.05) is 0 Å². The molecule has 120 valence electrons. The second kappa shape index (κ2) is 5.88. The van der Waals surface area contributed by atoms with Crippen molar-refractivity contribution in [3.8, 4) is 0 Å². The minimum Gasteiger partial charge on any atom is -0.170 e. The summed E-state index contributed by atoms with van der Waals surface area (Å²) in [6, 6.07) is 0. The maximum atomic E-state index is 13.7. The van der Waals surface area contributed by atoms with E-state index in [0.29, 0.717) is 5.92 Å². The third-order valence-corrected chi connectivity index (χ3v) is 5.82. The number of rotatable bonds is 3. The van der Waals surface area contributed by atoms with E-state index in [4.69, 9.17) is 0 Å². The van der Waals surface area contributed by atoms with Crippen LogP contribution in [-0.2, 0) is 0 Å². The van der Waals surface area contributed by atoms with Crippen molar-refractivity contribution in [2.24, 2.45) is 28.6 Å². The lowest BCUT2D eigenvalue weighted by molar-refractivity contribution is -0.266. The fourth-order valence-electron chi connectivity index (χ4n) is 4.40. The third kappa shape index (κ3) is 3.17. The summed E-state index contributed by atoms with van der Waals surface area (Å²) in [7, 11) is 0. The standard InChI is InChI=1S/C17H31F3/c1-7-16(12(2)3,17(18,19)20)14-10-8-13(9-11-14)15(4,5)6/h12-14H,7-11H2,1-6H3. The van der Waals surface area contributed by atoms with E-state index >= 15 is 0 Å². The van der Waals surface area contributed by atoms with Crippen LogP contribution in [-0.4, -0.2) is 6.18 Å². The van der Waals surface area contributed by atoms with Gasteiger partial charge in [0.05, 0.1) is 5.41 Å². The third-order valence-electron chi connectivity index (χ3n) is 5.82. The molecule has 0 N–H and O–H groups in total. The lowest BCUT2D eigenvalue weighted by Crippen LogP contribution is -2.49. The van der Waals surface area contributed by atoms with Crippen molar-refractivity contribution < 1.29 is 13.2 Å². The van der Waals surface area contributed by atoms with Gasteiger partial charge >= 0.3 is 6.18 Å². The van der Waals surface area contributed by atoms with Crippen LogP contribution in [0.4, 0.5) is 13.2 Å². The quantitative estimate of drug-likeness (QED) is 0.560. The highest BCUT2D eigenvalue weighted by molar-refractivity contribution is 4.96. The van der Waals surface area contributed by atoms with Gasteiger partial charge in [0.2, 0.25) is 0 Å². The molecule has 0 heterocycles. The molecule has 1 unspecified atom stereocenters. The molecular formula is C17H31F3. The molecule has 0 saturated heterocycles. The van der Waals surface area contributed by atoms with Gasteiger partial charge in [-0.1, -0.05) is 41.5 Å². The predicted octanol–water partition coefficient (Wildman–Crippen LogP) is 6.45. The van der Waals surface area contributed by atoms with E-state index in [9.17, 15) is 13.2 Å². The zero-order valence-corrected chi connectivity index (χ0v) is 13.9. The summed E-state index contributed by atoms with van der Waals surface area (Å²) in [5.74, 6) is 0.0171. The van der Waals surface area contributed by atoms with Crippen molar-refractivity contribution in [1.82, 2.24) is 0 Å². The fourth-order valence-corrected chi connectivity index (χ4v) is 4.40. The van der Waals surface area contributed by atoms with Crippen molar-refractivity contribution in [1.29, 1.82) is 0 Å². The first kappa shape index (κ1) is 17.8. The minimum absolute atomic E-state index is 0.203. The smallest absolute Gasteiger partial charge is 0.170 e. The van der Waals surface area contributed by atoms with Gasteiger partial charge in [0.25, 0.3) is 0 Å². The molecule has 0 spiro atoms. The van der Waals surface area contributed by atoms with Crippen LogP contribution in [0.5, 0.6) is 0 Å². The Morgan fingerprint density at radius 2 is 1.30 bits per heavy atom. The SMILES string of the molecule is CCC(C(C)C)(C1CCC(C(C)(C)C)CC1)C(F)(F)F. The van der Waals surface area contributed by atoms with Gasteiger partial charge < -0.3 is 0 Å². The van der Waals surface area contributed by atoms with Gasteiger partial charge in [-0.05, 0) is 55.3 Å². The van der Waals surface area contributed by atoms with E-state index in [-0.39, 0.29) is 23.7 Å². The molecule has 1 saturated carbocycles. The molecule has 0 aliphatic heterocycles. The Labute approximate surface area is 122 Å². The Balaban J connectivity index is 2.93. The molecule has 1 fully saturated rings. The molecule has 0 aromatic carbocycles. The molecule has 0 bridgehead atoms. The van der Waals surface area contributed by atoms with Gasteiger partial charge in [0, 0.05) is 0 Å². The average Bonchev–Trinajstić information content (AvgIpc) is 2.27. The van der Waals surface area contributed by atoms with Crippen LogP contribution >= 0.6 is 0 Å². The van der Waals surface area contributed by atoms with Crippen molar-refractivity contribution in [3.63, 3.8) is 0 Å². The molecular weight excluding hydrogens is 261 g/mol. The van der Waals surface area contributed by atoms with E-state index < -0.39 is 11.6 Å². The maximum absolute atomic E-state index is 13.7. The summed E-state index contributed by atoms with van der Waals surface area (Å²) in [6.07, 6.45) is -0.535. The topological polar surface area (TPSA) is 0 Å². The number of alkyl halides is 3. The number of hydrogen-bond donors (Lipinski definition) is 0. The van der Waals surface area contributed by atoms with E-state index in [0.717, 1.165) is 25.7 Å². The van der Waals surface area contributed by atoms with Crippen LogP contribution < -0.4 is 0 Å². The molecule has 0 aromatic heterocycles. The maximum Gasteiger partial charge on any atom is 0.395 e. The van der Waals surface area contributed by atoms with Gasteiger partial charge in [0.15, 0.2) is 0 Å². The fraction of sp³-hybridized carbons (Fsp3) is 1.00. The van der Waals surface area contributed by atoms with E-state index in [2.05, 4.69) is 20.8 Å². The van der Waals surface area contributed by atoms with Gasteiger partial charge in [0.1, 0.15) is 0 Å². The summed E-state index contributed by atoms with van der Waals surface area (Å²) >= 11 is 0. The van der Waals surface area contributed by atoms with Gasteiger partial charge in [-0.2, -0.15) is 13.2 Å². The first-order valence-electron chi connectivity index (χ1n) is 8.03. The molecule has 1 aliphatic carbocycles. The lowest BCUT2D eigenvalue weighted by atomic mass is 9.58. The Morgan fingerprint density at radius 3 is 1.55 bits per heavy atom. The largest absolute Gasteiger partial charge is 0.395 e. The lowest BCUT2D eigenvalue weighted by Gasteiger charge is -2.49. The Kier molecular flexibility index (Phi) is 5.25. The zero-order valence-electron chi connectivity index (χ0n) is 13.9. The first-order chi connectivity index (χ1) is 8.96. The minimum atomic E-state index is -4.09. The molecule has 1 rings (SSSR count).